The first-order valence-electron chi connectivity index (χ1n) is 9.22. The number of nitrogens with zero attached hydrogens (tertiary/aromatic N) is 3. The largest absolute Gasteiger partial charge is 0.343 e. The Morgan fingerprint density at radius 2 is 1.70 bits per heavy atom. The highest BCUT2D eigenvalue weighted by Gasteiger charge is 2.26. The topological polar surface area (TPSA) is 71.0 Å². The molecule has 0 saturated carbocycles. The van der Waals surface area contributed by atoms with Crippen molar-refractivity contribution in [1.29, 1.82) is 0 Å². The van der Waals surface area contributed by atoms with Crippen molar-refractivity contribution >= 4 is 5.91 Å². The van der Waals surface area contributed by atoms with Crippen LogP contribution in [0, 0.1) is 6.92 Å². The maximum atomic E-state index is 12.6. The highest BCUT2D eigenvalue weighted by molar-refractivity contribution is 5.94. The Balaban J connectivity index is 1.45. The van der Waals surface area contributed by atoms with E-state index in [0.29, 0.717) is 24.5 Å². The first-order valence-corrected chi connectivity index (χ1v) is 9.22. The summed E-state index contributed by atoms with van der Waals surface area (Å²) in [5, 5.41) is 4.49. The van der Waals surface area contributed by atoms with Gasteiger partial charge in [0.05, 0.1) is 6.04 Å². The number of aromatic nitrogens is 3. The smallest absolute Gasteiger partial charge is 0.338 e. The quantitative estimate of drug-likeness (QED) is 0.778. The van der Waals surface area contributed by atoms with Crippen LogP contribution in [0.4, 0.5) is 0 Å². The molecule has 2 aromatic carbocycles. The first-order chi connectivity index (χ1) is 13.1. The van der Waals surface area contributed by atoms with Crippen LogP contribution in [-0.4, -0.2) is 38.7 Å². The highest BCUT2D eigenvalue weighted by atomic mass is 16.2. The zero-order chi connectivity index (χ0) is 18.8. The summed E-state index contributed by atoms with van der Waals surface area (Å²) >= 11 is 0. The van der Waals surface area contributed by atoms with Gasteiger partial charge in [-0.05, 0) is 31.9 Å². The van der Waals surface area contributed by atoms with E-state index in [4.69, 9.17) is 0 Å². The maximum absolute atomic E-state index is 12.6. The molecule has 0 radical (unpaired) electrons. The van der Waals surface area contributed by atoms with Crippen LogP contribution in [0.15, 0.2) is 59.4 Å². The molecular weight excluding hydrogens is 340 g/mol. The number of likely N-dealkylation sites (tertiary alicyclic amines) is 1. The number of H-pyrrole nitrogens is 1. The predicted octanol–water partition coefficient (Wildman–Crippen LogP) is 3.02. The van der Waals surface area contributed by atoms with E-state index in [1.54, 1.807) is 0 Å². The normalized spacial score (nSPS) is 15.1. The third kappa shape index (κ3) is 3.56. The molecule has 6 heteroatoms. The Kier molecular flexibility index (Phi) is 4.62. The number of piperidine rings is 1. The third-order valence-corrected chi connectivity index (χ3v) is 5.08. The number of rotatable bonds is 3. The molecule has 138 valence electrons. The predicted molar refractivity (Wildman–Crippen MR) is 104 cm³/mol. The summed E-state index contributed by atoms with van der Waals surface area (Å²) in [6, 6.07) is 17.3. The Morgan fingerprint density at radius 3 is 2.37 bits per heavy atom. The lowest BCUT2D eigenvalue weighted by molar-refractivity contribution is 0.0688. The van der Waals surface area contributed by atoms with Crippen molar-refractivity contribution in [1.82, 2.24) is 19.7 Å². The summed E-state index contributed by atoms with van der Waals surface area (Å²) in [5.74, 6) is 0.631. The van der Waals surface area contributed by atoms with Gasteiger partial charge in [-0.15, -0.1) is 5.10 Å². The molecule has 1 saturated heterocycles. The number of hydrogen-bond acceptors (Lipinski definition) is 3. The molecule has 1 aliphatic rings. The van der Waals surface area contributed by atoms with Gasteiger partial charge in [-0.2, -0.15) is 0 Å². The molecule has 0 spiro atoms. The molecule has 27 heavy (non-hydrogen) atoms. The lowest BCUT2D eigenvalue weighted by atomic mass is 10.0. The highest BCUT2D eigenvalue weighted by Crippen LogP contribution is 2.23. The molecule has 3 aromatic rings. The average Bonchev–Trinajstić information content (AvgIpc) is 3.10. The van der Waals surface area contributed by atoms with Gasteiger partial charge >= 0.3 is 5.69 Å². The van der Waals surface area contributed by atoms with Crippen LogP contribution in [0.5, 0.6) is 0 Å². The fraction of sp³-hybridized carbons (Fsp3) is 0.286. The van der Waals surface area contributed by atoms with Gasteiger partial charge in [-0.1, -0.05) is 48.0 Å². The molecule has 1 aliphatic heterocycles. The van der Waals surface area contributed by atoms with Gasteiger partial charge in [0.25, 0.3) is 5.91 Å². The van der Waals surface area contributed by atoms with E-state index >= 15 is 0 Å². The van der Waals surface area contributed by atoms with Gasteiger partial charge in [0, 0.05) is 24.2 Å². The molecule has 0 aliphatic carbocycles. The van der Waals surface area contributed by atoms with Crippen LogP contribution < -0.4 is 5.69 Å². The minimum Gasteiger partial charge on any atom is -0.338 e. The first kappa shape index (κ1) is 17.3. The zero-order valence-electron chi connectivity index (χ0n) is 15.3. The number of carbonyl (C=O) groups excluding carboxylic acids is 1. The van der Waals surface area contributed by atoms with Gasteiger partial charge in [-0.3, -0.25) is 9.78 Å². The van der Waals surface area contributed by atoms with Crippen molar-refractivity contribution in [3.63, 3.8) is 0 Å². The average molecular weight is 362 g/mol. The number of hydrogen-bond donors (Lipinski definition) is 1. The van der Waals surface area contributed by atoms with Crippen molar-refractivity contribution in [3.8, 4) is 11.4 Å². The molecule has 2 heterocycles. The van der Waals surface area contributed by atoms with Gasteiger partial charge in [-0.25, -0.2) is 9.48 Å². The van der Waals surface area contributed by atoms with Crippen LogP contribution in [0.1, 0.15) is 34.8 Å². The summed E-state index contributed by atoms with van der Waals surface area (Å²) in [6.45, 7) is 3.25. The second-order valence-corrected chi connectivity index (χ2v) is 6.98. The fourth-order valence-corrected chi connectivity index (χ4v) is 3.50. The maximum Gasteiger partial charge on any atom is 0.343 e. The fourth-order valence-electron chi connectivity index (χ4n) is 3.50. The van der Waals surface area contributed by atoms with Crippen LogP contribution in [-0.2, 0) is 0 Å². The van der Waals surface area contributed by atoms with Crippen molar-refractivity contribution in [3.05, 3.63) is 76.2 Å². The minimum atomic E-state index is -0.197. The molecule has 1 amide bonds. The van der Waals surface area contributed by atoms with Crippen molar-refractivity contribution in [2.45, 2.75) is 25.8 Å². The van der Waals surface area contributed by atoms with E-state index in [1.807, 2.05) is 66.4 Å². The molecule has 0 atom stereocenters. The Morgan fingerprint density at radius 1 is 1.04 bits per heavy atom. The molecule has 0 bridgehead atoms. The molecule has 1 aromatic heterocycles. The number of aromatic amines is 1. The van der Waals surface area contributed by atoms with Crippen LogP contribution >= 0.6 is 0 Å². The van der Waals surface area contributed by atoms with E-state index in [9.17, 15) is 9.59 Å². The summed E-state index contributed by atoms with van der Waals surface area (Å²) in [4.78, 5) is 29.7. The lowest BCUT2D eigenvalue weighted by Crippen LogP contribution is -2.40. The Labute approximate surface area is 157 Å². The lowest BCUT2D eigenvalue weighted by Gasteiger charge is -2.31. The second kappa shape index (κ2) is 7.23. The molecule has 1 fully saturated rings. The molecule has 1 N–H and O–H groups in total. The second-order valence-electron chi connectivity index (χ2n) is 6.98. The Bertz CT molecular complexity index is 981. The van der Waals surface area contributed by atoms with E-state index in [-0.39, 0.29) is 17.6 Å². The van der Waals surface area contributed by atoms with Crippen LogP contribution in [0.2, 0.25) is 0 Å². The molecular formula is C21H22N4O2. The number of aryl methyl sites for hydroxylation is 1. The van der Waals surface area contributed by atoms with Gasteiger partial charge in [0.2, 0.25) is 0 Å². The van der Waals surface area contributed by atoms with Gasteiger partial charge in [0.1, 0.15) is 0 Å². The summed E-state index contributed by atoms with van der Waals surface area (Å²) in [6.07, 6.45) is 1.44. The molecule has 0 unspecified atom stereocenters. The van der Waals surface area contributed by atoms with Gasteiger partial charge in [0.15, 0.2) is 5.82 Å². The van der Waals surface area contributed by atoms with Crippen LogP contribution in [0.3, 0.4) is 0 Å². The van der Waals surface area contributed by atoms with E-state index in [2.05, 4.69) is 10.1 Å². The minimum absolute atomic E-state index is 0.00767. The van der Waals surface area contributed by atoms with Crippen molar-refractivity contribution < 1.29 is 4.79 Å². The summed E-state index contributed by atoms with van der Waals surface area (Å²) in [7, 11) is 0. The van der Waals surface area contributed by atoms with Crippen LogP contribution in [0.25, 0.3) is 11.4 Å². The molecule has 4 rings (SSSR count). The number of carbonyl (C=O) groups is 1. The van der Waals surface area contributed by atoms with E-state index in [1.165, 1.54) is 4.68 Å². The number of nitrogens with one attached hydrogen (secondary N) is 1. The Hall–Kier alpha value is -3.15. The van der Waals surface area contributed by atoms with E-state index in [0.717, 1.165) is 24.0 Å². The van der Waals surface area contributed by atoms with E-state index < -0.39 is 0 Å². The summed E-state index contributed by atoms with van der Waals surface area (Å²) in [5.41, 5.74) is 2.54. The monoisotopic (exact) mass is 362 g/mol. The third-order valence-electron chi connectivity index (χ3n) is 5.08. The van der Waals surface area contributed by atoms with Crippen molar-refractivity contribution in [2.75, 3.05) is 13.1 Å². The SMILES string of the molecule is Cc1ccc(C(=O)N2CCC(n3nc(-c4ccccc4)[nH]c3=O)CC2)cc1. The van der Waals surface area contributed by atoms with Gasteiger partial charge < -0.3 is 4.90 Å². The zero-order valence-corrected chi connectivity index (χ0v) is 15.3. The van der Waals surface area contributed by atoms with Crippen molar-refractivity contribution in [2.24, 2.45) is 0 Å². The number of amides is 1. The summed E-state index contributed by atoms with van der Waals surface area (Å²) < 4.78 is 1.54. The standard InChI is InChI=1S/C21H22N4O2/c1-15-7-9-17(10-8-15)20(26)24-13-11-18(12-14-24)25-21(27)22-19(23-25)16-5-3-2-4-6-16/h2-10,18H,11-14H2,1H3,(H,22,23,27). The number of benzene rings is 2. The molecule has 6 nitrogen and oxygen atoms in total.